The Morgan fingerprint density at radius 1 is 1.13 bits per heavy atom. The van der Waals surface area contributed by atoms with Crippen LogP contribution in [0.25, 0.3) is 0 Å². The average molecular weight is 470 g/mol. The fourth-order valence-electron chi connectivity index (χ4n) is 2.91. The molecule has 0 aliphatic rings. The smallest absolute Gasteiger partial charge is 0.338 e. The fraction of sp³-hybridized carbons (Fsp3) is 0.450. The van der Waals surface area contributed by atoms with Crippen molar-refractivity contribution < 1.29 is 27.5 Å². The second-order valence-corrected chi connectivity index (χ2v) is 9.16. The maximum absolute atomic E-state index is 12.9. The van der Waals surface area contributed by atoms with Gasteiger partial charge in [-0.05, 0) is 25.1 Å². The number of anilines is 1. The largest absolute Gasteiger partial charge is 0.495 e. The number of ether oxygens (including phenoxy) is 2. The van der Waals surface area contributed by atoms with E-state index in [1.165, 1.54) is 52.8 Å². The highest BCUT2D eigenvalue weighted by Crippen LogP contribution is 2.28. The van der Waals surface area contributed by atoms with Crippen molar-refractivity contribution in [1.29, 1.82) is 0 Å². The van der Waals surface area contributed by atoms with Crippen molar-refractivity contribution in [3.8, 4) is 5.75 Å². The molecule has 0 radical (unpaired) electrons. The third kappa shape index (κ3) is 5.60. The van der Waals surface area contributed by atoms with Crippen LogP contribution in [-0.4, -0.2) is 56.3 Å². The summed E-state index contributed by atoms with van der Waals surface area (Å²) in [6.45, 7) is 7.73. The first-order valence-electron chi connectivity index (χ1n) is 9.77. The zero-order chi connectivity index (χ0) is 23.2. The Hall–Kier alpha value is -2.50. The lowest BCUT2D eigenvalue weighted by atomic mass is 10.2. The number of sulfonamides is 1. The Kier molecular flexibility index (Phi) is 8.54. The van der Waals surface area contributed by atoms with Gasteiger partial charge in [0.2, 0.25) is 15.9 Å². The monoisotopic (exact) mass is 469 g/mol. The van der Waals surface area contributed by atoms with Crippen LogP contribution >= 0.6 is 11.3 Å². The number of esters is 1. The predicted molar refractivity (Wildman–Crippen MR) is 118 cm³/mol. The highest BCUT2D eigenvalue weighted by molar-refractivity contribution is 7.89. The molecule has 0 saturated heterocycles. The summed E-state index contributed by atoms with van der Waals surface area (Å²) in [6, 6.07) is 4.14. The van der Waals surface area contributed by atoms with Crippen molar-refractivity contribution in [2.24, 2.45) is 0 Å². The first-order valence-corrected chi connectivity index (χ1v) is 12.1. The normalized spacial score (nSPS) is 11.4. The van der Waals surface area contributed by atoms with E-state index in [-0.39, 0.29) is 41.8 Å². The molecule has 1 aromatic carbocycles. The van der Waals surface area contributed by atoms with Crippen molar-refractivity contribution in [3.63, 3.8) is 0 Å². The second-order valence-electron chi connectivity index (χ2n) is 6.42. The lowest BCUT2D eigenvalue weighted by Crippen LogP contribution is -2.31. The zero-order valence-electron chi connectivity index (χ0n) is 18.2. The van der Waals surface area contributed by atoms with Gasteiger partial charge in [-0.2, -0.15) is 4.31 Å². The zero-order valence-corrected chi connectivity index (χ0v) is 19.9. The lowest BCUT2D eigenvalue weighted by molar-refractivity contribution is -0.116. The molecule has 0 N–H and O–H groups in total. The molecule has 0 bridgehead atoms. The van der Waals surface area contributed by atoms with E-state index in [9.17, 15) is 18.0 Å². The molecule has 2 aromatic rings. The summed E-state index contributed by atoms with van der Waals surface area (Å²) in [6.07, 6.45) is 0. The predicted octanol–water partition coefficient (Wildman–Crippen LogP) is 2.91. The SMILES string of the molecule is CCN(C(C)=O)c1nc(COC(=O)c2ccc(OC)c(S(=O)(=O)N(CC)CC)c2)cs1. The van der Waals surface area contributed by atoms with Crippen LogP contribution < -0.4 is 9.64 Å². The first-order chi connectivity index (χ1) is 14.7. The maximum atomic E-state index is 12.9. The van der Waals surface area contributed by atoms with E-state index in [2.05, 4.69) is 4.98 Å². The van der Waals surface area contributed by atoms with E-state index in [0.29, 0.717) is 17.4 Å². The number of nitrogens with zero attached hydrogens (tertiary/aromatic N) is 3. The van der Waals surface area contributed by atoms with Crippen molar-refractivity contribution >= 4 is 38.4 Å². The van der Waals surface area contributed by atoms with Crippen LogP contribution in [0, 0.1) is 0 Å². The van der Waals surface area contributed by atoms with E-state index in [1.807, 2.05) is 6.92 Å². The van der Waals surface area contributed by atoms with Gasteiger partial charge < -0.3 is 9.47 Å². The van der Waals surface area contributed by atoms with Gasteiger partial charge in [-0.1, -0.05) is 13.8 Å². The summed E-state index contributed by atoms with van der Waals surface area (Å²) < 4.78 is 37.6. The molecule has 170 valence electrons. The fourth-order valence-corrected chi connectivity index (χ4v) is 5.47. The standard InChI is InChI=1S/C20H27N3O6S2/c1-6-22(7-2)31(26,27)18-11-15(9-10-17(18)28-5)19(25)29-12-16-13-30-20(21-16)23(8-3)14(4)24/h9-11,13H,6-8,12H2,1-5H3. The van der Waals surface area contributed by atoms with Gasteiger partial charge in [0.15, 0.2) is 5.13 Å². The minimum Gasteiger partial charge on any atom is -0.495 e. The van der Waals surface area contributed by atoms with Crippen LogP contribution in [0.4, 0.5) is 5.13 Å². The first kappa shape index (κ1) is 24.8. The molecule has 0 fully saturated rings. The lowest BCUT2D eigenvalue weighted by Gasteiger charge is -2.20. The molecule has 0 aliphatic heterocycles. The molecule has 0 spiro atoms. The van der Waals surface area contributed by atoms with Gasteiger partial charge in [-0.3, -0.25) is 9.69 Å². The van der Waals surface area contributed by atoms with Gasteiger partial charge in [-0.25, -0.2) is 18.2 Å². The number of benzene rings is 1. The highest BCUT2D eigenvalue weighted by Gasteiger charge is 2.27. The van der Waals surface area contributed by atoms with Crippen molar-refractivity contribution in [3.05, 3.63) is 34.8 Å². The molecular formula is C20H27N3O6S2. The molecule has 0 unspecified atom stereocenters. The maximum Gasteiger partial charge on any atom is 0.338 e. The Bertz CT molecular complexity index is 1030. The number of thiazole rings is 1. The van der Waals surface area contributed by atoms with E-state index >= 15 is 0 Å². The van der Waals surface area contributed by atoms with E-state index in [0.717, 1.165) is 0 Å². The van der Waals surface area contributed by atoms with Crippen molar-refractivity contribution in [2.45, 2.75) is 39.2 Å². The van der Waals surface area contributed by atoms with Crippen LogP contribution in [0.2, 0.25) is 0 Å². The number of hydrogen-bond acceptors (Lipinski definition) is 8. The summed E-state index contributed by atoms with van der Waals surface area (Å²) in [5, 5.41) is 2.23. The molecule has 11 heteroatoms. The summed E-state index contributed by atoms with van der Waals surface area (Å²) in [7, 11) is -2.46. The van der Waals surface area contributed by atoms with E-state index in [1.54, 1.807) is 19.2 Å². The molecular weight excluding hydrogens is 442 g/mol. The van der Waals surface area contributed by atoms with E-state index in [4.69, 9.17) is 9.47 Å². The third-order valence-corrected chi connectivity index (χ3v) is 7.52. The molecule has 1 aromatic heterocycles. The van der Waals surface area contributed by atoms with Gasteiger partial charge in [0.1, 0.15) is 17.3 Å². The molecule has 2 rings (SSSR count). The van der Waals surface area contributed by atoms with Gasteiger partial charge in [0, 0.05) is 31.9 Å². The summed E-state index contributed by atoms with van der Waals surface area (Å²) in [5.74, 6) is -0.663. The van der Waals surface area contributed by atoms with Crippen LogP contribution in [0.3, 0.4) is 0 Å². The number of rotatable bonds is 10. The Labute approximate surface area is 186 Å². The number of carbonyl (C=O) groups excluding carboxylic acids is 2. The molecule has 0 atom stereocenters. The van der Waals surface area contributed by atoms with Gasteiger partial charge in [0.25, 0.3) is 0 Å². The minimum absolute atomic E-state index is 0.0842. The Morgan fingerprint density at radius 2 is 1.81 bits per heavy atom. The number of carbonyl (C=O) groups is 2. The minimum atomic E-state index is -3.83. The molecule has 1 heterocycles. The molecule has 9 nitrogen and oxygen atoms in total. The van der Waals surface area contributed by atoms with Crippen LogP contribution in [0.15, 0.2) is 28.5 Å². The highest BCUT2D eigenvalue weighted by atomic mass is 32.2. The molecule has 1 amide bonds. The second kappa shape index (κ2) is 10.7. The summed E-state index contributed by atoms with van der Waals surface area (Å²) in [5.41, 5.74) is 0.582. The number of amides is 1. The molecule has 31 heavy (non-hydrogen) atoms. The summed E-state index contributed by atoms with van der Waals surface area (Å²) in [4.78, 5) is 29.9. The van der Waals surface area contributed by atoms with E-state index < -0.39 is 16.0 Å². The quantitative estimate of drug-likeness (QED) is 0.493. The Balaban J connectivity index is 2.21. The van der Waals surface area contributed by atoms with Crippen LogP contribution in [0.5, 0.6) is 5.75 Å². The van der Waals surface area contributed by atoms with Gasteiger partial charge in [-0.15, -0.1) is 11.3 Å². The number of aromatic nitrogens is 1. The van der Waals surface area contributed by atoms with Crippen LogP contribution in [-0.2, 0) is 26.2 Å². The molecule has 0 aliphatic carbocycles. The van der Waals surface area contributed by atoms with Crippen molar-refractivity contribution in [1.82, 2.24) is 9.29 Å². The average Bonchev–Trinajstić information content (AvgIpc) is 3.20. The topological polar surface area (TPSA) is 106 Å². The number of methoxy groups -OCH3 is 1. The van der Waals surface area contributed by atoms with Crippen molar-refractivity contribution in [2.75, 3.05) is 31.6 Å². The number of hydrogen-bond donors (Lipinski definition) is 0. The van der Waals surface area contributed by atoms with Gasteiger partial charge in [0.05, 0.1) is 18.4 Å². The van der Waals surface area contributed by atoms with Crippen LogP contribution in [0.1, 0.15) is 43.7 Å². The molecule has 0 saturated carbocycles. The van der Waals surface area contributed by atoms with Gasteiger partial charge >= 0.3 is 5.97 Å². The Morgan fingerprint density at radius 3 is 2.35 bits per heavy atom. The third-order valence-electron chi connectivity index (χ3n) is 4.54. The summed E-state index contributed by atoms with van der Waals surface area (Å²) >= 11 is 1.28.